The lowest BCUT2D eigenvalue weighted by atomic mass is 9.92. The molecule has 3 atom stereocenters. The first-order chi connectivity index (χ1) is 9.15. The summed E-state index contributed by atoms with van der Waals surface area (Å²) in [5.41, 5.74) is 0. The second kappa shape index (κ2) is 5.12. The highest BCUT2D eigenvalue weighted by molar-refractivity contribution is 5.89. The molecule has 2 saturated carbocycles. The Balaban J connectivity index is 1.54. The van der Waals surface area contributed by atoms with Crippen LogP contribution in [0.1, 0.15) is 44.9 Å². The fraction of sp³-hybridized carbons (Fsp3) is 0.857. The Hall–Kier alpha value is -1.10. The molecule has 2 amide bonds. The van der Waals surface area contributed by atoms with Gasteiger partial charge in [0, 0.05) is 19.0 Å². The number of hydrogen-bond donors (Lipinski definition) is 2. The minimum atomic E-state index is -0.422. The molecule has 5 heteroatoms. The molecule has 5 nitrogen and oxygen atoms in total. The minimum Gasteiger partial charge on any atom is -0.391 e. The molecular weight excluding hydrogens is 244 g/mol. The first-order valence-corrected chi connectivity index (χ1v) is 7.43. The average Bonchev–Trinajstić information content (AvgIpc) is 3.15. The van der Waals surface area contributed by atoms with E-state index in [-0.39, 0.29) is 23.8 Å². The third-order valence-electron chi connectivity index (χ3n) is 4.57. The fourth-order valence-corrected chi connectivity index (χ4v) is 3.23. The molecule has 0 aromatic rings. The van der Waals surface area contributed by atoms with E-state index < -0.39 is 6.10 Å². The van der Waals surface area contributed by atoms with E-state index in [0.717, 1.165) is 38.5 Å². The Morgan fingerprint density at radius 3 is 2.63 bits per heavy atom. The summed E-state index contributed by atoms with van der Waals surface area (Å²) in [7, 11) is 0. The van der Waals surface area contributed by atoms with Crippen molar-refractivity contribution in [3.05, 3.63) is 0 Å². The summed E-state index contributed by atoms with van der Waals surface area (Å²) in [6.07, 6.45) is 5.79. The van der Waals surface area contributed by atoms with Gasteiger partial charge in [-0.1, -0.05) is 12.8 Å². The van der Waals surface area contributed by atoms with Crippen molar-refractivity contribution in [2.45, 2.75) is 63.1 Å². The van der Waals surface area contributed by atoms with Crippen LogP contribution in [-0.4, -0.2) is 46.6 Å². The van der Waals surface area contributed by atoms with Crippen LogP contribution in [0, 0.1) is 5.92 Å². The van der Waals surface area contributed by atoms with Crippen molar-refractivity contribution in [2.24, 2.45) is 5.92 Å². The highest BCUT2D eigenvalue weighted by Gasteiger charge is 2.42. The van der Waals surface area contributed by atoms with Gasteiger partial charge in [-0.05, 0) is 25.7 Å². The molecule has 3 aliphatic rings. The van der Waals surface area contributed by atoms with Gasteiger partial charge in [0.25, 0.3) is 0 Å². The van der Waals surface area contributed by atoms with Crippen LogP contribution in [-0.2, 0) is 9.59 Å². The fourth-order valence-electron chi connectivity index (χ4n) is 3.23. The molecule has 0 spiro atoms. The van der Waals surface area contributed by atoms with Crippen molar-refractivity contribution >= 4 is 11.8 Å². The molecule has 0 aromatic heterocycles. The number of aliphatic hydroxyl groups is 1. The van der Waals surface area contributed by atoms with E-state index in [9.17, 15) is 14.7 Å². The summed E-state index contributed by atoms with van der Waals surface area (Å²) in [5, 5.41) is 12.8. The topological polar surface area (TPSA) is 69.6 Å². The van der Waals surface area contributed by atoms with Gasteiger partial charge in [-0.3, -0.25) is 9.59 Å². The first kappa shape index (κ1) is 12.9. The minimum absolute atomic E-state index is 0.0533. The molecule has 3 rings (SSSR count). The normalized spacial score (nSPS) is 35.5. The maximum Gasteiger partial charge on any atom is 0.225 e. The van der Waals surface area contributed by atoms with Gasteiger partial charge in [-0.2, -0.15) is 0 Å². The van der Waals surface area contributed by atoms with Gasteiger partial charge in [-0.25, -0.2) is 0 Å². The largest absolute Gasteiger partial charge is 0.391 e. The number of nitrogens with zero attached hydrogens (tertiary/aromatic N) is 1. The Bertz CT molecular complexity index is 381. The summed E-state index contributed by atoms with van der Waals surface area (Å²) in [4.78, 5) is 25.9. The quantitative estimate of drug-likeness (QED) is 0.777. The molecule has 1 saturated heterocycles. The predicted octanol–water partition coefficient (Wildman–Crippen LogP) is 0.417. The third-order valence-corrected chi connectivity index (χ3v) is 4.57. The van der Waals surface area contributed by atoms with Crippen molar-refractivity contribution in [2.75, 3.05) is 6.54 Å². The van der Waals surface area contributed by atoms with Crippen LogP contribution < -0.4 is 5.32 Å². The van der Waals surface area contributed by atoms with Crippen LogP contribution in [0.15, 0.2) is 0 Å². The van der Waals surface area contributed by atoms with Crippen molar-refractivity contribution in [1.82, 2.24) is 10.2 Å². The molecule has 19 heavy (non-hydrogen) atoms. The monoisotopic (exact) mass is 266 g/mol. The van der Waals surface area contributed by atoms with Crippen LogP contribution in [0.5, 0.6) is 0 Å². The summed E-state index contributed by atoms with van der Waals surface area (Å²) in [6, 6.07) is 0.275. The van der Waals surface area contributed by atoms with Crippen molar-refractivity contribution in [1.29, 1.82) is 0 Å². The molecule has 2 N–H and O–H groups in total. The van der Waals surface area contributed by atoms with Gasteiger partial charge in [0.15, 0.2) is 0 Å². The van der Waals surface area contributed by atoms with E-state index in [1.165, 1.54) is 0 Å². The lowest BCUT2D eigenvalue weighted by molar-refractivity contribution is -0.129. The van der Waals surface area contributed by atoms with Crippen molar-refractivity contribution < 1.29 is 14.7 Å². The summed E-state index contributed by atoms with van der Waals surface area (Å²) in [6.45, 7) is 0.568. The molecule has 0 bridgehead atoms. The molecule has 1 heterocycles. The molecular formula is C14H22N2O3. The summed E-state index contributed by atoms with van der Waals surface area (Å²) in [5.74, 6) is -0.156. The van der Waals surface area contributed by atoms with Crippen LogP contribution >= 0.6 is 0 Å². The predicted molar refractivity (Wildman–Crippen MR) is 69.2 cm³/mol. The number of aliphatic hydroxyl groups excluding tert-OH is 1. The second-order valence-corrected chi connectivity index (χ2v) is 6.15. The number of likely N-dealkylation sites (tertiary alicyclic amines) is 1. The molecule has 0 aromatic carbocycles. The molecule has 3 unspecified atom stereocenters. The van der Waals surface area contributed by atoms with Gasteiger partial charge in [0.1, 0.15) is 0 Å². The Morgan fingerprint density at radius 1 is 1.21 bits per heavy atom. The first-order valence-electron chi connectivity index (χ1n) is 7.43. The van der Waals surface area contributed by atoms with Crippen molar-refractivity contribution in [3.63, 3.8) is 0 Å². The number of amides is 2. The smallest absolute Gasteiger partial charge is 0.225 e. The van der Waals surface area contributed by atoms with E-state index >= 15 is 0 Å². The summed E-state index contributed by atoms with van der Waals surface area (Å²) >= 11 is 0. The van der Waals surface area contributed by atoms with Crippen LogP contribution in [0.25, 0.3) is 0 Å². The van der Waals surface area contributed by atoms with Gasteiger partial charge >= 0.3 is 0 Å². The molecule has 2 aliphatic carbocycles. The van der Waals surface area contributed by atoms with E-state index in [0.29, 0.717) is 19.0 Å². The SMILES string of the molecule is O=C(NC1CCCCC1O)C1CC(=O)N(C2CC2)C1. The highest BCUT2D eigenvalue weighted by atomic mass is 16.3. The number of carbonyl (C=O) groups excluding carboxylic acids is 2. The number of hydrogen-bond acceptors (Lipinski definition) is 3. The van der Waals surface area contributed by atoms with E-state index in [4.69, 9.17) is 0 Å². The van der Waals surface area contributed by atoms with Gasteiger partial charge in [0.2, 0.25) is 11.8 Å². The molecule has 0 radical (unpaired) electrons. The highest BCUT2D eigenvalue weighted by Crippen LogP contribution is 2.32. The van der Waals surface area contributed by atoms with Gasteiger partial charge < -0.3 is 15.3 Å². The lowest BCUT2D eigenvalue weighted by Gasteiger charge is -2.29. The van der Waals surface area contributed by atoms with Gasteiger partial charge in [0.05, 0.1) is 18.1 Å². The Labute approximate surface area is 113 Å². The van der Waals surface area contributed by atoms with Gasteiger partial charge in [-0.15, -0.1) is 0 Å². The molecule has 3 fully saturated rings. The molecule has 106 valence electrons. The maximum atomic E-state index is 12.2. The lowest BCUT2D eigenvalue weighted by Crippen LogP contribution is -2.47. The Kier molecular flexibility index (Phi) is 3.48. The maximum absolute atomic E-state index is 12.2. The van der Waals surface area contributed by atoms with Crippen LogP contribution in [0.2, 0.25) is 0 Å². The zero-order chi connectivity index (χ0) is 13.4. The van der Waals surface area contributed by atoms with E-state index in [1.54, 1.807) is 0 Å². The van der Waals surface area contributed by atoms with E-state index in [1.807, 2.05) is 4.90 Å². The Morgan fingerprint density at radius 2 is 1.95 bits per heavy atom. The zero-order valence-electron chi connectivity index (χ0n) is 11.2. The zero-order valence-corrected chi connectivity index (χ0v) is 11.2. The number of carbonyl (C=O) groups is 2. The van der Waals surface area contributed by atoms with E-state index in [2.05, 4.69) is 5.32 Å². The third kappa shape index (κ3) is 2.76. The standard InChI is InChI=1S/C14H22N2O3/c17-12-4-2-1-3-11(12)15-14(19)9-7-13(18)16(8-9)10-5-6-10/h9-12,17H,1-8H2,(H,15,19). The molecule has 1 aliphatic heterocycles. The van der Waals surface area contributed by atoms with Crippen LogP contribution in [0.3, 0.4) is 0 Å². The number of rotatable bonds is 3. The second-order valence-electron chi connectivity index (χ2n) is 6.15. The average molecular weight is 266 g/mol. The van der Waals surface area contributed by atoms with Crippen LogP contribution in [0.4, 0.5) is 0 Å². The number of nitrogens with one attached hydrogen (secondary N) is 1. The summed E-state index contributed by atoms with van der Waals surface area (Å²) < 4.78 is 0. The van der Waals surface area contributed by atoms with Crippen molar-refractivity contribution in [3.8, 4) is 0 Å².